The highest BCUT2D eigenvalue weighted by Gasteiger charge is 2.28. The van der Waals surface area contributed by atoms with E-state index >= 15 is 0 Å². The van der Waals surface area contributed by atoms with Crippen molar-refractivity contribution >= 4 is 27.5 Å². The number of carbonyl (C=O) groups is 1. The van der Waals surface area contributed by atoms with Gasteiger partial charge in [0.2, 0.25) is 0 Å². The van der Waals surface area contributed by atoms with Gasteiger partial charge in [0, 0.05) is 17.3 Å². The molecule has 2 aliphatic rings. The molecule has 2 saturated carbocycles. The monoisotopic (exact) mass is 343 g/mol. The summed E-state index contributed by atoms with van der Waals surface area (Å²) in [6.07, 6.45) is 9.67. The number of aryl methyl sites for hydroxylation is 2. The van der Waals surface area contributed by atoms with Crippen molar-refractivity contribution in [2.24, 2.45) is 0 Å². The summed E-state index contributed by atoms with van der Waals surface area (Å²) in [5.41, 5.74) is 2.06. The summed E-state index contributed by atoms with van der Waals surface area (Å²) in [5.74, 6) is 1.59. The van der Waals surface area contributed by atoms with Gasteiger partial charge in [-0.25, -0.2) is 9.97 Å². The lowest BCUT2D eigenvalue weighted by Gasteiger charge is -2.15. The largest absolute Gasteiger partial charge is 0.349 e. The van der Waals surface area contributed by atoms with E-state index in [1.165, 1.54) is 49.9 Å². The molecule has 0 bridgehead atoms. The highest BCUT2D eigenvalue weighted by atomic mass is 32.1. The van der Waals surface area contributed by atoms with Gasteiger partial charge in [0.1, 0.15) is 10.7 Å². The lowest BCUT2D eigenvalue weighted by molar-refractivity contribution is 0.0937. The Morgan fingerprint density at radius 3 is 2.42 bits per heavy atom. The summed E-state index contributed by atoms with van der Waals surface area (Å²) in [6.45, 7) is 4.08. The third-order valence-electron chi connectivity index (χ3n) is 5.33. The first-order valence-electron chi connectivity index (χ1n) is 9.22. The van der Waals surface area contributed by atoms with E-state index in [2.05, 4.69) is 10.3 Å². The molecule has 0 aromatic carbocycles. The van der Waals surface area contributed by atoms with Crippen LogP contribution in [0.2, 0.25) is 0 Å². The molecule has 1 amide bonds. The molecule has 5 heteroatoms. The van der Waals surface area contributed by atoms with Crippen LogP contribution in [-0.4, -0.2) is 21.9 Å². The van der Waals surface area contributed by atoms with Crippen LogP contribution in [0.5, 0.6) is 0 Å². The van der Waals surface area contributed by atoms with Gasteiger partial charge in [-0.05, 0) is 45.1 Å². The summed E-state index contributed by atoms with van der Waals surface area (Å²) in [7, 11) is 0. The molecule has 1 N–H and O–H groups in total. The Morgan fingerprint density at radius 2 is 1.75 bits per heavy atom. The fourth-order valence-electron chi connectivity index (χ4n) is 3.78. The summed E-state index contributed by atoms with van der Waals surface area (Å²) in [6, 6.07) is 0.332. The second kappa shape index (κ2) is 6.43. The number of nitrogens with one attached hydrogen (secondary N) is 1. The molecule has 4 rings (SSSR count). The molecule has 0 radical (unpaired) electrons. The molecule has 0 spiro atoms. The summed E-state index contributed by atoms with van der Waals surface area (Å²) in [5, 5.41) is 4.35. The maximum atomic E-state index is 12.8. The van der Waals surface area contributed by atoms with Gasteiger partial charge in [-0.2, -0.15) is 0 Å². The number of thiophene rings is 1. The van der Waals surface area contributed by atoms with Crippen LogP contribution in [0, 0.1) is 13.8 Å². The molecule has 0 saturated heterocycles. The van der Waals surface area contributed by atoms with Crippen LogP contribution in [0.25, 0.3) is 10.2 Å². The van der Waals surface area contributed by atoms with Gasteiger partial charge < -0.3 is 5.32 Å². The number of carbonyl (C=O) groups excluding carboxylic acids is 1. The maximum Gasteiger partial charge on any atom is 0.261 e. The first-order chi connectivity index (χ1) is 11.6. The number of hydrogen-bond donors (Lipinski definition) is 1. The van der Waals surface area contributed by atoms with Gasteiger partial charge in [-0.3, -0.25) is 4.79 Å². The van der Waals surface area contributed by atoms with Crippen LogP contribution < -0.4 is 5.32 Å². The molecular formula is C19H25N3OS. The topological polar surface area (TPSA) is 54.9 Å². The van der Waals surface area contributed by atoms with Crippen molar-refractivity contribution in [3.63, 3.8) is 0 Å². The van der Waals surface area contributed by atoms with Gasteiger partial charge in [0.05, 0.1) is 10.6 Å². The highest BCUT2D eigenvalue weighted by Crippen LogP contribution is 2.40. The molecule has 2 aromatic rings. The van der Waals surface area contributed by atoms with Crippen molar-refractivity contribution in [3.8, 4) is 0 Å². The third-order valence-corrected chi connectivity index (χ3v) is 6.51. The van der Waals surface area contributed by atoms with Crippen LogP contribution in [0.3, 0.4) is 0 Å². The minimum Gasteiger partial charge on any atom is -0.349 e. The van der Waals surface area contributed by atoms with E-state index in [-0.39, 0.29) is 5.91 Å². The fourth-order valence-corrected chi connectivity index (χ4v) is 4.92. The Kier molecular flexibility index (Phi) is 4.29. The first-order valence-corrected chi connectivity index (χ1v) is 10.0. The van der Waals surface area contributed by atoms with Gasteiger partial charge in [0.15, 0.2) is 0 Å². The van der Waals surface area contributed by atoms with Crippen molar-refractivity contribution in [1.29, 1.82) is 0 Å². The van der Waals surface area contributed by atoms with Crippen molar-refractivity contribution < 1.29 is 4.79 Å². The van der Waals surface area contributed by atoms with E-state index in [1.807, 2.05) is 13.8 Å². The van der Waals surface area contributed by atoms with E-state index in [4.69, 9.17) is 4.98 Å². The molecule has 128 valence electrons. The van der Waals surface area contributed by atoms with E-state index in [0.717, 1.165) is 45.0 Å². The van der Waals surface area contributed by atoms with E-state index in [0.29, 0.717) is 12.0 Å². The Balaban J connectivity index is 1.62. The Labute approximate surface area is 147 Å². The molecule has 0 aliphatic heterocycles. The molecule has 2 aliphatic carbocycles. The van der Waals surface area contributed by atoms with Crippen LogP contribution in [0.4, 0.5) is 0 Å². The van der Waals surface area contributed by atoms with Gasteiger partial charge in [-0.1, -0.05) is 25.7 Å². The van der Waals surface area contributed by atoms with Gasteiger partial charge in [-0.15, -0.1) is 11.3 Å². The summed E-state index contributed by atoms with van der Waals surface area (Å²) < 4.78 is 0. The van der Waals surface area contributed by atoms with E-state index in [1.54, 1.807) is 0 Å². The zero-order valence-corrected chi connectivity index (χ0v) is 15.3. The van der Waals surface area contributed by atoms with E-state index < -0.39 is 0 Å². The minimum atomic E-state index is 0.0785. The number of nitrogens with zero attached hydrogens (tertiary/aromatic N) is 2. The quantitative estimate of drug-likeness (QED) is 0.826. The first kappa shape index (κ1) is 16.0. The zero-order valence-electron chi connectivity index (χ0n) is 14.5. The van der Waals surface area contributed by atoms with Crippen molar-refractivity contribution in [2.45, 2.75) is 77.2 Å². The zero-order chi connectivity index (χ0) is 16.7. The Morgan fingerprint density at radius 1 is 1.04 bits per heavy atom. The second-order valence-corrected chi connectivity index (χ2v) is 8.34. The Bertz CT molecular complexity index is 771. The van der Waals surface area contributed by atoms with Crippen LogP contribution in [0.1, 0.15) is 84.0 Å². The summed E-state index contributed by atoms with van der Waals surface area (Å²) in [4.78, 5) is 24.0. The Hall–Kier alpha value is -1.49. The predicted octanol–water partition coefficient (Wildman–Crippen LogP) is 4.64. The summed E-state index contributed by atoms with van der Waals surface area (Å²) >= 11 is 1.54. The lowest BCUT2D eigenvalue weighted by atomic mass is 10.1. The SMILES string of the molecule is Cc1nc(C2CC2)nc2sc(C(=O)NC3CCCCCC3)c(C)c12. The predicted molar refractivity (Wildman–Crippen MR) is 97.8 cm³/mol. The molecular weight excluding hydrogens is 318 g/mol. The average molecular weight is 343 g/mol. The number of fused-ring (bicyclic) bond motifs is 1. The molecule has 4 nitrogen and oxygen atoms in total. The third kappa shape index (κ3) is 3.06. The van der Waals surface area contributed by atoms with Crippen LogP contribution in [-0.2, 0) is 0 Å². The average Bonchev–Trinajstić information content (AvgIpc) is 3.36. The molecule has 2 fully saturated rings. The lowest BCUT2D eigenvalue weighted by Crippen LogP contribution is -2.34. The standard InChI is InChI=1S/C19H25N3OS/c1-11-15-12(2)20-17(13-9-10-13)22-19(15)24-16(11)18(23)21-14-7-5-3-4-6-8-14/h13-14H,3-10H2,1-2H3,(H,21,23). The second-order valence-electron chi connectivity index (χ2n) is 7.34. The smallest absolute Gasteiger partial charge is 0.261 e. The van der Waals surface area contributed by atoms with Crippen LogP contribution in [0.15, 0.2) is 0 Å². The highest BCUT2D eigenvalue weighted by molar-refractivity contribution is 7.20. The van der Waals surface area contributed by atoms with Gasteiger partial charge in [0.25, 0.3) is 5.91 Å². The number of amides is 1. The maximum absolute atomic E-state index is 12.8. The number of rotatable bonds is 3. The fraction of sp³-hybridized carbons (Fsp3) is 0.632. The molecule has 2 aromatic heterocycles. The normalized spacial score (nSPS) is 19.4. The molecule has 0 atom stereocenters. The minimum absolute atomic E-state index is 0.0785. The number of aromatic nitrogens is 2. The molecule has 2 heterocycles. The molecule has 24 heavy (non-hydrogen) atoms. The van der Waals surface area contributed by atoms with Crippen molar-refractivity contribution in [2.75, 3.05) is 0 Å². The van der Waals surface area contributed by atoms with Crippen LogP contribution >= 0.6 is 11.3 Å². The van der Waals surface area contributed by atoms with Gasteiger partial charge >= 0.3 is 0 Å². The van der Waals surface area contributed by atoms with E-state index in [9.17, 15) is 4.79 Å². The van der Waals surface area contributed by atoms with Crippen molar-refractivity contribution in [3.05, 3.63) is 22.0 Å². The number of hydrogen-bond acceptors (Lipinski definition) is 4. The molecule has 0 unspecified atom stereocenters. The van der Waals surface area contributed by atoms with Crippen molar-refractivity contribution in [1.82, 2.24) is 15.3 Å².